The summed E-state index contributed by atoms with van der Waals surface area (Å²) in [7, 11) is 0.136. The van der Waals surface area contributed by atoms with Crippen LogP contribution in [0.1, 0.15) is 25.1 Å². The lowest BCUT2D eigenvalue weighted by molar-refractivity contribution is 0.598. The molecule has 1 aliphatic heterocycles. The molecule has 0 aliphatic carbocycles. The van der Waals surface area contributed by atoms with Crippen LogP contribution in [0.4, 0.5) is 5.82 Å². The van der Waals surface area contributed by atoms with E-state index in [9.17, 15) is 8.42 Å². The molecular weight excluding hydrogens is 258 g/mol. The highest BCUT2D eigenvalue weighted by molar-refractivity contribution is 7.98. The number of fused-ring (bicyclic) bond motifs is 1. The van der Waals surface area contributed by atoms with Crippen molar-refractivity contribution in [2.24, 2.45) is 7.05 Å². The molecule has 0 N–H and O–H groups in total. The summed E-state index contributed by atoms with van der Waals surface area (Å²) in [5.41, 5.74) is 2.06. The average molecular weight is 277 g/mol. The van der Waals surface area contributed by atoms with Crippen molar-refractivity contribution in [1.29, 1.82) is 0 Å². The molecule has 0 fully saturated rings. The fraction of sp³-hybridized carbons (Fsp3) is 0.700. The van der Waals surface area contributed by atoms with E-state index in [0.29, 0.717) is 5.82 Å². The van der Waals surface area contributed by atoms with Gasteiger partial charge in [0.05, 0.1) is 11.9 Å². The van der Waals surface area contributed by atoms with Crippen molar-refractivity contribution in [3.63, 3.8) is 0 Å². The second kappa shape index (κ2) is 5.30. The highest BCUT2D eigenvalue weighted by Gasteiger charge is 2.26. The zero-order valence-electron chi connectivity index (χ0n) is 10.9. The Bertz CT molecular complexity index is 494. The van der Waals surface area contributed by atoms with Crippen molar-refractivity contribution >= 4 is 27.6 Å². The quantitative estimate of drug-likeness (QED) is 0.824. The second-order valence-electron chi connectivity index (χ2n) is 3.60. The molecule has 0 amide bonds. The van der Waals surface area contributed by atoms with Crippen LogP contribution in [0, 0.1) is 0 Å². The van der Waals surface area contributed by atoms with Crippen LogP contribution in [-0.4, -0.2) is 31.5 Å². The third-order valence-corrected chi connectivity index (χ3v) is 4.61. The molecule has 1 aromatic rings. The molecule has 0 bridgehead atoms. The number of nitrogens with zero attached hydrogens (tertiary/aromatic N) is 3. The van der Waals surface area contributed by atoms with E-state index in [4.69, 9.17) is 0 Å². The van der Waals surface area contributed by atoms with Crippen molar-refractivity contribution in [3.8, 4) is 0 Å². The van der Waals surface area contributed by atoms with E-state index in [1.54, 1.807) is 30.5 Å². The van der Waals surface area contributed by atoms with Gasteiger partial charge in [0.25, 0.3) is 0 Å². The first kappa shape index (κ1) is 14.4. The summed E-state index contributed by atoms with van der Waals surface area (Å²) in [4.78, 5) is 0. The number of thioether (sulfide) groups is 1. The summed E-state index contributed by atoms with van der Waals surface area (Å²) in [6, 6.07) is 0. The molecule has 7 heteroatoms. The lowest BCUT2D eigenvalue weighted by atomic mass is 10.3. The fourth-order valence-corrected chi connectivity index (χ4v) is 3.25. The minimum Gasteiger partial charge on any atom is -0.257 e. The van der Waals surface area contributed by atoms with Gasteiger partial charge >= 0.3 is 0 Å². The third-order valence-electron chi connectivity index (χ3n) is 2.48. The molecule has 0 saturated carbocycles. The molecule has 0 unspecified atom stereocenters. The van der Waals surface area contributed by atoms with E-state index < -0.39 is 10.0 Å². The number of anilines is 1. The van der Waals surface area contributed by atoms with Gasteiger partial charge in [-0.05, 0) is 0 Å². The van der Waals surface area contributed by atoms with Crippen molar-refractivity contribution in [1.82, 2.24) is 9.78 Å². The van der Waals surface area contributed by atoms with Crippen LogP contribution in [0.2, 0.25) is 0 Å². The fourth-order valence-electron chi connectivity index (χ4n) is 1.68. The van der Waals surface area contributed by atoms with Gasteiger partial charge in [0.15, 0.2) is 0 Å². The van der Waals surface area contributed by atoms with E-state index in [0.717, 1.165) is 22.8 Å². The van der Waals surface area contributed by atoms with Crippen LogP contribution < -0.4 is 4.31 Å². The Morgan fingerprint density at radius 2 is 1.94 bits per heavy atom. The summed E-state index contributed by atoms with van der Waals surface area (Å²) >= 11 is 1.76. The van der Waals surface area contributed by atoms with Crippen LogP contribution in [0.3, 0.4) is 0 Å². The van der Waals surface area contributed by atoms with Crippen LogP contribution >= 0.6 is 11.8 Å². The minimum absolute atomic E-state index is 0.692. The molecule has 1 aromatic heterocycles. The van der Waals surface area contributed by atoms with E-state index >= 15 is 0 Å². The lowest BCUT2D eigenvalue weighted by Crippen LogP contribution is -2.27. The zero-order chi connectivity index (χ0) is 13.2. The number of hydrogen-bond acceptors (Lipinski definition) is 4. The van der Waals surface area contributed by atoms with Crippen LogP contribution in [-0.2, 0) is 28.6 Å². The summed E-state index contributed by atoms with van der Waals surface area (Å²) < 4.78 is 25.9. The Kier molecular flexibility index (Phi) is 4.48. The molecule has 0 aromatic carbocycles. The van der Waals surface area contributed by atoms with E-state index in [1.165, 1.54) is 10.6 Å². The Morgan fingerprint density at radius 1 is 1.35 bits per heavy atom. The Labute approximate surface area is 107 Å². The zero-order valence-corrected chi connectivity index (χ0v) is 12.5. The summed E-state index contributed by atoms with van der Waals surface area (Å²) in [6.07, 6.45) is 1.20. The first-order chi connectivity index (χ1) is 7.91. The van der Waals surface area contributed by atoms with Gasteiger partial charge in [-0.15, -0.1) is 0 Å². The van der Waals surface area contributed by atoms with Gasteiger partial charge in [-0.1, -0.05) is 13.8 Å². The molecule has 0 radical (unpaired) electrons. The number of hydrogen-bond donors (Lipinski definition) is 0. The Morgan fingerprint density at radius 3 is 2.47 bits per heavy atom. The van der Waals surface area contributed by atoms with Crippen molar-refractivity contribution in [2.45, 2.75) is 25.4 Å². The number of sulfonamides is 1. The predicted molar refractivity (Wildman–Crippen MR) is 72.8 cm³/mol. The predicted octanol–water partition coefficient (Wildman–Crippen LogP) is 1.59. The van der Waals surface area contributed by atoms with E-state index in [1.807, 2.05) is 13.8 Å². The highest BCUT2D eigenvalue weighted by Crippen LogP contribution is 2.36. The van der Waals surface area contributed by atoms with Gasteiger partial charge in [-0.25, -0.2) is 8.42 Å². The van der Waals surface area contributed by atoms with Gasteiger partial charge in [-0.2, -0.15) is 16.9 Å². The number of aryl methyl sites for hydroxylation is 1. The minimum atomic E-state index is -3.21. The second-order valence-corrected chi connectivity index (χ2v) is 6.60. The van der Waals surface area contributed by atoms with Crippen molar-refractivity contribution < 1.29 is 8.42 Å². The number of rotatable bonds is 2. The summed E-state index contributed by atoms with van der Waals surface area (Å²) in [5.74, 6) is 2.41. The highest BCUT2D eigenvalue weighted by atomic mass is 32.2. The van der Waals surface area contributed by atoms with Gasteiger partial charge in [0.1, 0.15) is 5.82 Å². The molecule has 2 heterocycles. The lowest BCUT2D eigenvalue weighted by Gasteiger charge is -2.17. The summed E-state index contributed by atoms with van der Waals surface area (Å²) in [6.45, 7) is 4.00. The maximum atomic E-state index is 11.5. The van der Waals surface area contributed by atoms with E-state index in [-0.39, 0.29) is 0 Å². The standard InChI is InChI=1S/C8H13N3O2S2.C2H6/c1-10-8(11(2)15(3,12)13)6-4-14-5-7(6)9-10;1-2/h4-5H2,1-3H3;1-2H3. The van der Waals surface area contributed by atoms with Gasteiger partial charge < -0.3 is 0 Å². The molecule has 98 valence electrons. The van der Waals surface area contributed by atoms with Gasteiger partial charge in [-0.3, -0.25) is 8.99 Å². The smallest absolute Gasteiger partial charge is 0.233 e. The topological polar surface area (TPSA) is 55.2 Å². The largest absolute Gasteiger partial charge is 0.257 e. The SMILES string of the molecule is CC.CN(c1c2c(nn1C)CSC2)S(C)(=O)=O. The normalized spacial score (nSPS) is 13.9. The molecule has 0 saturated heterocycles. The first-order valence-electron chi connectivity index (χ1n) is 5.47. The Hall–Kier alpha value is -0.690. The van der Waals surface area contributed by atoms with Gasteiger partial charge in [0.2, 0.25) is 10.0 Å². The molecule has 0 spiro atoms. The van der Waals surface area contributed by atoms with Gasteiger partial charge in [0, 0.05) is 31.2 Å². The monoisotopic (exact) mass is 277 g/mol. The molecule has 5 nitrogen and oxygen atoms in total. The maximum absolute atomic E-state index is 11.5. The van der Waals surface area contributed by atoms with E-state index in [2.05, 4.69) is 5.10 Å². The Balaban J connectivity index is 0.000000686. The molecule has 0 atom stereocenters. The third kappa shape index (κ3) is 2.77. The molecule has 17 heavy (non-hydrogen) atoms. The van der Waals surface area contributed by atoms with Crippen LogP contribution in [0.15, 0.2) is 0 Å². The molecular formula is C10H19N3O2S2. The van der Waals surface area contributed by atoms with Crippen LogP contribution in [0.5, 0.6) is 0 Å². The average Bonchev–Trinajstić information content (AvgIpc) is 2.78. The molecule has 1 aliphatic rings. The van der Waals surface area contributed by atoms with Crippen molar-refractivity contribution in [2.75, 3.05) is 17.6 Å². The first-order valence-corrected chi connectivity index (χ1v) is 8.48. The van der Waals surface area contributed by atoms with Crippen molar-refractivity contribution in [3.05, 3.63) is 11.3 Å². The van der Waals surface area contributed by atoms with Crippen LogP contribution in [0.25, 0.3) is 0 Å². The maximum Gasteiger partial charge on any atom is 0.233 e. The number of aromatic nitrogens is 2. The summed E-state index contributed by atoms with van der Waals surface area (Å²) in [5, 5.41) is 4.32. The molecule has 2 rings (SSSR count).